The van der Waals surface area contributed by atoms with E-state index in [1.165, 1.54) is 5.56 Å². The van der Waals surface area contributed by atoms with E-state index < -0.39 is 0 Å². The second-order valence-corrected chi connectivity index (χ2v) is 6.97. The molecule has 3 aromatic rings. The third-order valence-electron chi connectivity index (χ3n) is 4.72. The Morgan fingerprint density at radius 2 is 1.78 bits per heavy atom. The van der Waals surface area contributed by atoms with Crippen LogP contribution in [0.4, 0.5) is 5.69 Å². The van der Waals surface area contributed by atoms with Gasteiger partial charge >= 0.3 is 0 Å². The van der Waals surface area contributed by atoms with Crippen molar-refractivity contribution in [1.82, 2.24) is 9.47 Å². The molecular formula is C24H27N3. The first-order valence-corrected chi connectivity index (χ1v) is 9.09. The monoisotopic (exact) mass is 357 g/mol. The van der Waals surface area contributed by atoms with Crippen LogP contribution in [0.2, 0.25) is 0 Å². The predicted octanol–water partition coefficient (Wildman–Crippen LogP) is 4.79. The summed E-state index contributed by atoms with van der Waals surface area (Å²) in [5.41, 5.74) is 14.2. The Balaban J connectivity index is 2.19. The summed E-state index contributed by atoms with van der Waals surface area (Å²) in [5, 5.41) is 0. The Hall–Kier alpha value is -3.20. The van der Waals surface area contributed by atoms with Crippen molar-refractivity contribution in [2.45, 2.75) is 6.42 Å². The summed E-state index contributed by atoms with van der Waals surface area (Å²) < 4.78 is 2.09. The Kier molecular flexibility index (Phi) is 5.51. The van der Waals surface area contributed by atoms with Crippen molar-refractivity contribution in [3.05, 3.63) is 102 Å². The fraction of sp³-hybridized carbons (Fsp3) is 0.167. The molecule has 3 rings (SSSR count). The van der Waals surface area contributed by atoms with Crippen LogP contribution in [-0.2, 0) is 13.5 Å². The maximum atomic E-state index is 6.43. The van der Waals surface area contributed by atoms with Crippen molar-refractivity contribution in [3.63, 3.8) is 0 Å². The number of anilines is 1. The molecule has 0 atom stereocenters. The number of hydrogen-bond acceptors (Lipinski definition) is 2. The highest BCUT2D eigenvalue weighted by Crippen LogP contribution is 2.33. The number of rotatable bonds is 6. The molecule has 0 fully saturated rings. The van der Waals surface area contributed by atoms with Crippen LogP contribution >= 0.6 is 0 Å². The number of hydrogen-bond donors (Lipinski definition) is 1. The molecule has 0 saturated heterocycles. The van der Waals surface area contributed by atoms with Gasteiger partial charge in [-0.15, -0.1) is 0 Å². The summed E-state index contributed by atoms with van der Waals surface area (Å²) in [6, 6.07) is 18.8. The summed E-state index contributed by atoms with van der Waals surface area (Å²) in [7, 11) is 6.12. The number of aromatic nitrogens is 1. The van der Waals surface area contributed by atoms with Crippen LogP contribution in [0, 0.1) is 0 Å². The Morgan fingerprint density at radius 1 is 1.04 bits per heavy atom. The van der Waals surface area contributed by atoms with Crippen LogP contribution in [0.25, 0.3) is 11.6 Å². The third-order valence-corrected chi connectivity index (χ3v) is 4.72. The van der Waals surface area contributed by atoms with Crippen LogP contribution in [0.15, 0.2) is 73.6 Å². The van der Waals surface area contributed by atoms with E-state index in [9.17, 15) is 0 Å². The number of aryl methyl sites for hydroxylation is 1. The molecule has 0 spiro atoms. The summed E-state index contributed by atoms with van der Waals surface area (Å²) in [6.45, 7) is 4.00. The van der Waals surface area contributed by atoms with E-state index >= 15 is 0 Å². The van der Waals surface area contributed by atoms with E-state index in [1.54, 1.807) is 0 Å². The van der Waals surface area contributed by atoms with Gasteiger partial charge in [0.15, 0.2) is 0 Å². The number of nitrogens with two attached hydrogens (primary N) is 1. The molecular weight excluding hydrogens is 330 g/mol. The molecule has 0 radical (unpaired) electrons. The topological polar surface area (TPSA) is 34.2 Å². The standard InChI is InChI=1S/C24H27N3/c1-5-24-20(14-15-27(24)4)22(17-26(2)3)19-12-9-13-23(25)21(19)16-18-10-7-6-8-11-18/h5-15,17H,1,16,25H2,2-4H3/b22-17-. The molecule has 0 saturated carbocycles. The molecule has 3 heteroatoms. The molecule has 0 aliphatic carbocycles. The molecule has 1 aromatic heterocycles. The SMILES string of the molecule is C=Cc1c(/C(=C\N(C)C)c2cccc(N)c2Cc2ccccc2)ccn1C. The number of nitrogens with zero attached hydrogens (tertiary/aromatic N) is 2. The molecule has 3 nitrogen and oxygen atoms in total. The van der Waals surface area contributed by atoms with Gasteiger partial charge in [0.05, 0.1) is 0 Å². The molecule has 0 aliphatic rings. The average molecular weight is 358 g/mol. The Labute approximate surface area is 162 Å². The average Bonchev–Trinajstić information content (AvgIpc) is 3.02. The smallest absolute Gasteiger partial charge is 0.0478 e. The maximum absolute atomic E-state index is 6.43. The third kappa shape index (κ3) is 3.98. The van der Waals surface area contributed by atoms with Crippen molar-refractivity contribution in [2.24, 2.45) is 7.05 Å². The quantitative estimate of drug-likeness (QED) is 0.644. The molecule has 2 N–H and O–H groups in total. The van der Waals surface area contributed by atoms with Gasteiger partial charge in [-0.1, -0.05) is 49.0 Å². The fourth-order valence-electron chi connectivity index (χ4n) is 3.42. The van der Waals surface area contributed by atoms with Gasteiger partial charge in [0.2, 0.25) is 0 Å². The largest absolute Gasteiger partial charge is 0.398 e. The van der Waals surface area contributed by atoms with Crippen molar-refractivity contribution in [2.75, 3.05) is 19.8 Å². The zero-order valence-corrected chi connectivity index (χ0v) is 16.3. The van der Waals surface area contributed by atoms with E-state index in [0.717, 1.165) is 40.1 Å². The molecule has 0 amide bonds. The summed E-state index contributed by atoms with van der Waals surface area (Å²) in [4.78, 5) is 2.07. The lowest BCUT2D eigenvalue weighted by molar-refractivity contribution is 0.565. The summed E-state index contributed by atoms with van der Waals surface area (Å²) >= 11 is 0. The fourth-order valence-corrected chi connectivity index (χ4v) is 3.42. The molecule has 0 bridgehead atoms. The van der Waals surface area contributed by atoms with Gasteiger partial charge in [-0.25, -0.2) is 0 Å². The van der Waals surface area contributed by atoms with E-state index in [-0.39, 0.29) is 0 Å². The minimum Gasteiger partial charge on any atom is -0.398 e. The summed E-state index contributed by atoms with van der Waals surface area (Å²) in [6.07, 6.45) is 6.93. The van der Waals surface area contributed by atoms with Crippen LogP contribution < -0.4 is 5.73 Å². The van der Waals surface area contributed by atoms with Gasteiger partial charge in [0, 0.05) is 62.5 Å². The Morgan fingerprint density at radius 3 is 2.44 bits per heavy atom. The van der Waals surface area contributed by atoms with Crippen molar-refractivity contribution < 1.29 is 0 Å². The van der Waals surface area contributed by atoms with Gasteiger partial charge in [0.1, 0.15) is 0 Å². The Bertz CT molecular complexity index is 963. The van der Waals surface area contributed by atoms with Crippen LogP contribution in [0.3, 0.4) is 0 Å². The molecule has 2 aromatic carbocycles. The van der Waals surface area contributed by atoms with Crippen LogP contribution in [-0.4, -0.2) is 23.6 Å². The molecule has 1 heterocycles. The van der Waals surface area contributed by atoms with Gasteiger partial charge in [-0.2, -0.15) is 0 Å². The van der Waals surface area contributed by atoms with E-state index in [2.05, 4.69) is 64.8 Å². The van der Waals surface area contributed by atoms with Crippen molar-refractivity contribution in [1.29, 1.82) is 0 Å². The van der Waals surface area contributed by atoms with Gasteiger partial charge in [-0.05, 0) is 34.9 Å². The lowest BCUT2D eigenvalue weighted by Crippen LogP contribution is -2.07. The minimum atomic E-state index is 0.796. The van der Waals surface area contributed by atoms with E-state index in [4.69, 9.17) is 5.73 Å². The molecule has 0 aliphatic heterocycles. The molecule has 138 valence electrons. The highest BCUT2D eigenvalue weighted by Gasteiger charge is 2.17. The second kappa shape index (κ2) is 8.00. The lowest BCUT2D eigenvalue weighted by Gasteiger charge is -2.18. The van der Waals surface area contributed by atoms with Crippen molar-refractivity contribution in [3.8, 4) is 0 Å². The molecule has 27 heavy (non-hydrogen) atoms. The van der Waals surface area contributed by atoms with Crippen molar-refractivity contribution >= 4 is 17.3 Å². The van der Waals surface area contributed by atoms with E-state index in [0.29, 0.717) is 0 Å². The van der Waals surface area contributed by atoms with Crippen LogP contribution in [0.1, 0.15) is 27.9 Å². The van der Waals surface area contributed by atoms with Crippen LogP contribution in [0.5, 0.6) is 0 Å². The number of benzene rings is 2. The first-order valence-electron chi connectivity index (χ1n) is 9.09. The van der Waals surface area contributed by atoms with Gasteiger partial charge in [-0.3, -0.25) is 0 Å². The minimum absolute atomic E-state index is 0.796. The predicted molar refractivity (Wildman–Crippen MR) is 116 cm³/mol. The van der Waals surface area contributed by atoms with Gasteiger partial charge < -0.3 is 15.2 Å². The normalized spacial score (nSPS) is 11.4. The molecule has 0 unspecified atom stereocenters. The zero-order chi connectivity index (χ0) is 19.4. The summed E-state index contributed by atoms with van der Waals surface area (Å²) in [5.74, 6) is 0. The zero-order valence-electron chi connectivity index (χ0n) is 16.3. The highest BCUT2D eigenvalue weighted by atomic mass is 15.0. The first-order chi connectivity index (χ1) is 13.0. The second-order valence-electron chi connectivity index (χ2n) is 6.97. The van der Waals surface area contributed by atoms with Gasteiger partial charge in [0.25, 0.3) is 0 Å². The first kappa shape index (κ1) is 18.6. The maximum Gasteiger partial charge on any atom is 0.0478 e. The lowest BCUT2D eigenvalue weighted by atomic mass is 9.90. The number of nitrogen functional groups attached to an aromatic ring is 1. The highest BCUT2D eigenvalue weighted by molar-refractivity contribution is 5.86. The van der Waals surface area contributed by atoms with E-state index in [1.807, 2.05) is 45.4 Å².